The van der Waals surface area contributed by atoms with Crippen molar-refractivity contribution in [1.29, 1.82) is 0 Å². The first kappa shape index (κ1) is 15.7. The largest absolute Gasteiger partial charge is 0.325 e. The second-order valence-corrected chi connectivity index (χ2v) is 5.67. The molecule has 24 heavy (non-hydrogen) atoms. The Hall–Kier alpha value is -3.15. The van der Waals surface area contributed by atoms with Crippen molar-refractivity contribution in [2.45, 2.75) is 20.3 Å². The summed E-state index contributed by atoms with van der Waals surface area (Å²) in [6.07, 6.45) is 0.175. The molecule has 0 fully saturated rings. The van der Waals surface area contributed by atoms with E-state index in [0.29, 0.717) is 11.4 Å². The van der Waals surface area contributed by atoms with Crippen LogP contribution in [0.2, 0.25) is 0 Å². The molecule has 6 nitrogen and oxygen atoms in total. The predicted molar refractivity (Wildman–Crippen MR) is 93.9 cm³/mol. The molecule has 1 aromatic heterocycles. The first-order chi connectivity index (χ1) is 11.5. The Bertz CT molecular complexity index is 914. The van der Waals surface area contributed by atoms with E-state index in [9.17, 15) is 9.59 Å². The van der Waals surface area contributed by atoms with E-state index in [-0.39, 0.29) is 18.2 Å². The summed E-state index contributed by atoms with van der Waals surface area (Å²) >= 11 is 0. The topological polar surface area (TPSA) is 86.9 Å². The molecule has 3 rings (SSSR count). The minimum absolute atomic E-state index is 0.175. The Balaban J connectivity index is 1.80. The van der Waals surface area contributed by atoms with Crippen molar-refractivity contribution >= 4 is 34.1 Å². The number of anilines is 2. The number of aromatic amines is 1. The number of para-hydroxylation sites is 1. The van der Waals surface area contributed by atoms with Gasteiger partial charge in [0, 0.05) is 12.3 Å². The zero-order valence-corrected chi connectivity index (χ0v) is 13.5. The standard InChI is InChI=1S/C18H18N4O2/c1-11-7-8-15(19-12(2)23)17(9-11)20-18(24)10-16-13-5-3-4-6-14(13)21-22-16/h3-9H,10H2,1-2H3,(H,19,23)(H,20,24)(H,21,22). The number of hydrogen-bond acceptors (Lipinski definition) is 3. The Labute approximate surface area is 139 Å². The van der Waals surface area contributed by atoms with E-state index < -0.39 is 0 Å². The van der Waals surface area contributed by atoms with Gasteiger partial charge in [-0.15, -0.1) is 0 Å². The molecular formula is C18H18N4O2. The van der Waals surface area contributed by atoms with Crippen molar-refractivity contribution in [3.05, 3.63) is 53.7 Å². The average molecular weight is 322 g/mol. The average Bonchev–Trinajstić information content (AvgIpc) is 2.93. The van der Waals surface area contributed by atoms with Gasteiger partial charge < -0.3 is 10.6 Å². The highest BCUT2D eigenvalue weighted by atomic mass is 16.2. The first-order valence-electron chi connectivity index (χ1n) is 7.63. The molecule has 1 heterocycles. The molecule has 0 aliphatic carbocycles. The number of aromatic nitrogens is 2. The third-order valence-corrected chi connectivity index (χ3v) is 3.64. The number of nitrogens with zero attached hydrogens (tertiary/aromatic N) is 1. The van der Waals surface area contributed by atoms with E-state index in [1.807, 2.05) is 43.3 Å². The lowest BCUT2D eigenvalue weighted by Crippen LogP contribution is -2.17. The van der Waals surface area contributed by atoms with E-state index in [1.54, 1.807) is 6.07 Å². The van der Waals surface area contributed by atoms with Crippen LogP contribution in [0.25, 0.3) is 10.9 Å². The molecule has 0 aliphatic rings. The highest BCUT2D eigenvalue weighted by molar-refractivity contribution is 6.00. The quantitative estimate of drug-likeness (QED) is 0.690. The highest BCUT2D eigenvalue weighted by Crippen LogP contribution is 2.24. The van der Waals surface area contributed by atoms with Gasteiger partial charge in [0.2, 0.25) is 11.8 Å². The van der Waals surface area contributed by atoms with Crippen molar-refractivity contribution in [2.75, 3.05) is 10.6 Å². The van der Waals surface area contributed by atoms with Crippen LogP contribution in [-0.2, 0) is 16.0 Å². The van der Waals surface area contributed by atoms with E-state index >= 15 is 0 Å². The lowest BCUT2D eigenvalue weighted by molar-refractivity contribution is -0.116. The summed E-state index contributed by atoms with van der Waals surface area (Å²) in [4.78, 5) is 23.7. The van der Waals surface area contributed by atoms with Crippen molar-refractivity contribution in [1.82, 2.24) is 10.2 Å². The van der Waals surface area contributed by atoms with Crippen LogP contribution in [0, 0.1) is 6.92 Å². The Morgan fingerprint density at radius 1 is 1.08 bits per heavy atom. The van der Waals surface area contributed by atoms with E-state index in [2.05, 4.69) is 20.8 Å². The molecule has 3 N–H and O–H groups in total. The normalized spacial score (nSPS) is 10.6. The Morgan fingerprint density at radius 3 is 2.67 bits per heavy atom. The smallest absolute Gasteiger partial charge is 0.230 e. The maximum absolute atomic E-state index is 12.4. The van der Waals surface area contributed by atoms with Crippen LogP contribution in [0.5, 0.6) is 0 Å². The SMILES string of the molecule is CC(=O)Nc1ccc(C)cc1NC(=O)Cc1[nH]nc2ccccc12. The van der Waals surface area contributed by atoms with Crippen LogP contribution >= 0.6 is 0 Å². The molecule has 0 bridgehead atoms. The van der Waals surface area contributed by atoms with Gasteiger partial charge in [-0.1, -0.05) is 24.3 Å². The summed E-state index contributed by atoms with van der Waals surface area (Å²) in [5.41, 5.74) is 3.74. The fourth-order valence-corrected chi connectivity index (χ4v) is 2.56. The van der Waals surface area contributed by atoms with Crippen LogP contribution < -0.4 is 10.6 Å². The fraction of sp³-hybridized carbons (Fsp3) is 0.167. The number of carbonyl (C=O) groups is 2. The zero-order chi connectivity index (χ0) is 17.1. The van der Waals surface area contributed by atoms with Gasteiger partial charge in [0.25, 0.3) is 0 Å². The van der Waals surface area contributed by atoms with Gasteiger partial charge in [0.1, 0.15) is 0 Å². The molecule has 0 unspecified atom stereocenters. The van der Waals surface area contributed by atoms with E-state index in [0.717, 1.165) is 22.2 Å². The molecule has 2 amide bonds. The number of rotatable bonds is 4. The highest BCUT2D eigenvalue weighted by Gasteiger charge is 2.12. The molecule has 0 radical (unpaired) electrons. The molecule has 6 heteroatoms. The molecular weight excluding hydrogens is 304 g/mol. The second-order valence-electron chi connectivity index (χ2n) is 5.67. The maximum atomic E-state index is 12.4. The summed E-state index contributed by atoms with van der Waals surface area (Å²) in [7, 11) is 0. The third-order valence-electron chi connectivity index (χ3n) is 3.64. The number of fused-ring (bicyclic) bond motifs is 1. The van der Waals surface area contributed by atoms with Crippen LogP contribution in [-0.4, -0.2) is 22.0 Å². The van der Waals surface area contributed by atoms with Crippen LogP contribution in [0.3, 0.4) is 0 Å². The number of hydrogen-bond donors (Lipinski definition) is 3. The number of benzene rings is 2. The summed E-state index contributed by atoms with van der Waals surface area (Å²) in [5.74, 6) is -0.365. The number of aryl methyl sites for hydroxylation is 1. The van der Waals surface area contributed by atoms with Crippen molar-refractivity contribution < 1.29 is 9.59 Å². The van der Waals surface area contributed by atoms with Crippen LogP contribution in [0.4, 0.5) is 11.4 Å². The van der Waals surface area contributed by atoms with Crippen molar-refractivity contribution in [3.8, 4) is 0 Å². The van der Waals surface area contributed by atoms with E-state index in [4.69, 9.17) is 0 Å². The monoisotopic (exact) mass is 322 g/mol. The fourth-order valence-electron chi connectivity index (χ4n) is 2.56. The lowest BCUT2D eigenvalue weighted by Gasteiger charge is -2.12. The first-order valence-corrected chi connectivity index (χ1v) is 7.63. The summed E-state index contributed by atoms with van der Waals surface area (Å²) in [6, 6.07) is 13.1. The molecule has 0 saturated carbocycles. The lowest BCUT2D eigenvalue weighted by atomic mass is 10.1. The van der Waals surface area contributed by atoms with Crippen molar-refractivity contribution in [2.24, 2.45) is 0 Å². The third kappa shape index (κ3) is 3.43. The van der Waals surface area contributed by atoms with Gasteiger partial charge in [-0.25, -0.2) is 0 Å². The second kappa shape index (κ2) is 6.54. The molecule has 0 atom stereocenters. The van der Waals surface area contributed by atoms with Gasteiger partial charge in [0.15, 0.2) is 0 Å². The Kier molecular flexibility index (Phi) is 4.29. The number of amides is 2. The summed E-state index contributed by atoms with van der Waals surface area (Å²) in [5, 5.41) is 13.6. The molecule has 0 aliphatic heterocycles. The van der Waals surface area contributed by atoms with E-state index in [1.165, 1.54) is 6.92 Å². The number of H-pyrrole nitrogens is 1. The van der Waals surface area contributed by atoms with Gasteiger partial charge in [0.05, 0.1) is 29.0 Å². The molecule has 0 saturated heterocycles. The van der Waals surface area contributed by atoms with Crippen LogP contribution in [0.15, 0.2) is 42.5 Å². The van der Waals surface area contributed by atoms with Gasteiger partial charge >= 0.3 is 0 Å². The molecule has 2 aromatic carbocycles. The maximum Gasteiger partial charge on any atom is 0.230 e. The Morgan fingerprint density at radius 2 is 1.88 bits per heavy atom. The summed E-state index contributed by atoms with van der Waals surface area (Å²) < 4.78 is 0. The summed E-state index contributed by atoms with van der Waals surface area (Å²) in [6.45, 7) is 3.36. The number of carbonyl (C=O) groups excluding carboxylic acids is 2. The zero-order valence-electron chi connectivity index (χ0n) is 13.5. The van der Waals surface area contributed by atoms with Gasteiger partial charge in [-0.2, -0.15) is 5.10 Å². The number of nitrogens with one attached hydrogen (secondary N) is 3. The minimum Gasteiger partial charge on any atom is -0.325 e. The minimum atomic E-state index is -0.186. The molecule has 3 aromatic rings. The molecule has 122 valence electrons. The van der Waals surface area contributed by atoms with Crippen LogP contribution in [0.1, 0.15) is 18.2 Å². The van der Waals surface area contributed by atoms with Crippen molar-refractivity contribution in [3.63, 3.8) is 0 Å². The van der Waals surface area contributed by atoms with Gasteiger partial charge in [-0.3, -0.25) is 14.7 Å². The predicted octanol–water partition coefficient (Wildman–Crippen LogP) is 3.01. The molecule has 0 spiro atoms. The van der Waals surface area contributed by atoms with Gasteiger partial charge in [-0.05, 0) is 30.7 Å².